The molecule has 3 nitrogen and oxygen atoms in total. The first-order valence-electron chi connectivity index (χ1n) is 8.90. The van der Waals surface area contributed by atoms with E-state index in [1.54, 1.807) is 0 Å². The topological polar surface area (TPSA) is 41.1 Å². The van der Waals surface area contributed by atoms with E-state index in [1.165, 1.54) is 44.1 Å². The van der Waals surface area contributed by atoms with E-state index >= 15 is 0 Å². The van der Waals surface area contributed by atoms with Crippen LogP contribution in [0.2, 0.25) is 0 Å². The molecule has 4 heteroatoms. The first-order chi connectivity index (χ1) is 11.2. The number of anilines is 1. The first kappa shape index (κ1) is 17.9. The Morgan fingerprint density at radius 1 is 1.09 bits per heavy atom. The minimum atomic E-state index is -0.212. The number of thiocarbonyl (C=S) groups is 1. The number of hydrogen-bond donors (Lipinski definition) is 2. The smallest absolute Gasteiger partial charge is 0.283 e. The highest BCUT2D eigenvalue weighted by Crippen LogP contribution is 2.19. The Bertz CT molecular complexity index is 509. The van der Waals surface area contributed by atoms with Crippen LogP contribution in [0.5, 0.6) is 0 Å². The molecule has 1 aromatic rings. The van der Waals surface area contributed by atoms with Gasteiger partial charge < -0.3 is 10.6 Å². The molecule has 1 aliphatic rings. The molecule has 2 rings (SSSR count). The summed E-state index contributed by atoms with van der Waals surface area (Å²) in [5, 5.41) is 5.90. The Balaban J connectivity index is 1.67. The Hall–Kier alpha value is -1.42. The third-order valence-corrected chi connectivity index (χ3v) is 4.45. The van der Waals surface area contributed by atoms with Crippen molar-refractivity contribution in [2.45, 2.75) is 70.8 Å². The van der Waals surface area contributed by atoms with Crippen LogP contribution in [-0.4, -0.2) is 16.9 Å². The minimum Gasteiger partial charge on any atom is -0.369 e. The van der Waals surface area contributed by atoms with Crippen LogP contribution in [0.25, 0.3) is 0 Å². The molecule has 0 radical (unpaired) electrons. The number of nitrogens with one attached hydrogen (secondary N) is 2. The summed E-state index contributed by atoms with van der Waals surface area (Å²) in [5.74, 6) is -0.212. The second-order valence-corrected chi connectivity index (χ2v) is 6.82. The van der Waals surface area contributed by atoms with Crippen LogP contribution in [0.4, 0.5) is 5.69 Å². The average Bonchev–Trinajstić information content (AvgIpc) is 3.36. The number of carbonyl (C=O) groups is 1. The molecule has 2 N–H and O–H groups in total. The zero-order valence-electron chi connectivity index (χ0n) is 14.1. The molecule has 0 bridgehead atoms. The van der Waals surface area contributed by atoms with E-state index in [0.29, 0.717) is 11.0 Å². The molecule has 23 heavy (non-hydrogen) atoms. The summed E-state index contributed by atoms with van der Waals surface area (Å²) < 4.78 is 0. The van der Waals surface area contributed by atoms with Crippen molar-refractivity contribution in [3.05, 3.63) is 29.8 Å². The van der Waals surface area contributed by atoms with Crippen molar-refractivity contribution in [2.24, 2.45) is 0 Å². The SMILES string of the molecule is CCCCCCCCc1ccc(NC(=O)C(=S)NC2CC2)cc1. The first-order valence-corrected chi connectivity index (χ1v) is 9.30. The molecule has 1 aromatic carbocycles. The molecule has 1 fully saturated rings. The molecule has 0 atom stereocenters. The summed E-state index contributed by atoms with van der Waals surface area (Å²) in [4.78, 5) is 12.2. The second-order valence-electron chi connectivity index (χ2n) is 6.42. The number of hydrogen-bond acceptors (Lipinski definition) is 2. The maximum Gasteiger partial charge on any atom is 0.283 e. The summed E-state index contributed by atoms with van der Waals surface area (Å²) in [6, 6.07) is 8.53. The van der Waals surface area contributed by atoms with E-state index in [2.05, 4.69) is 29.7 Å². The van der Waals surface area contributed by atoms with Crippen molar-refractivity contribution in [1.82, 2.24) is 5.32 Å². The lowest BCUT2D eigenvalue weighted by atomic mass is 10.0. The van der Waals surface area contributed by atoms with E-state index in [4.69, 9.17) is 12.2 Å². The van der Waals surface area contributed by atoms with Crippen LogP contribution < -0.4 is 10.6 Å². The standard InChI is InChI=1S/C19H28N2OS/c1-2-3-4-5-6-7-8-15-9-11-16(12-10-15)20-18(22)19(23)21-17-13-14-17/h9-12,17H,2-8,13-14H2,1H3,(H,20,22)(H,21,23). The third kappa shape index (κ3) is 7.12. The lowest BCUT2D eigenvalue weighted by Gasteiger charge is -2.08. The van der Waals surface area contributed by atoms with Crippen LogP contribution >= 0.6 is 12.2 Å². The van der Waals surface area contributed by atoms with Gasteiger partial charge in [-0.15, -0.1) is 0 Å². The highest BCUT2D eigenvalue weighted by atomic mass is 32.1. The molecular weight excluding hydrogens is 304 g/mol. The van der Waals surface area contributed by atoms with Gasteiger partial charge in [-0.2, -0.15) is 0 Å². The van der Waals surface area contributed by atoms with Gasteiger partial charge in [0.1, 0.15) is 0 Å². The van der Waals surface area contributed by atoms with Crippen LogP contribution in [0.1, 0.15) is 63.9 Å². The normalized spacial score (nSPS) is 13.6. The largest absolute Gasteiger partial charge is 0.369 e. The summed E-state index contributed by atoms with van der Waals surface area (Å²) in [6.07, 6.45) is 11.2. The Labute approximate surface area is 145 Å². The number of rotatable bonds is 9. The molecular formula is C19H28N2OS. The van der Waals surface area contributed by atoms with Crippen LogP contribution in [0.3, 0.4) is 0 Å². The minimum absolute atomic E-state index is 0.212. The molecule has 1 saturated carbocycles. The monoisotopic (exact) mass is 332 g/mol. The molecule has 0 saturated heterocycles. The second kappa shape index (κ2) is 9.66. The highest BCUT2D eigenvalue weighted by molar-refractivity contribution is 7.82. The van der Waals surface area contributed by atoms with Crippen LogP contribution in [-0.2, 0) is 11.2 Å². The van der Waals surface area contributed by atoms with Gasteiger partial charge in [-0.1, -0.05) is 63.4 Å². The summed E-state index contributed by atoms with van der Waals surface area (Å²) >= 11 is 5.10. The van der Waals surface area contributed by atoms with Gasteiger partial charge in [0.2, 0.25) is 0 Å². The van der Waals surface area contributed by atoms with E-state index < -0.39 is 0 Å². The Kier molecular flexibility index (Phi) is 7.53. The molecule has 0 aliphatic heterocycles. The Morgan fingerprint density at radius 2 is 1.74 bits per heavy atom. The van der Waals surface area contributed by atoms with Crippen molar-refractivity contribution in [3.63, 3.8) is 0 Å². The third-order valence-electron chi connectivity index (χ3n) is 4.15. The molecule has 1 aliphatic carbocycles. The van der Waals surface area contributed by atoms with Gasteiger partial charge >= 0.3 is 0 Å². The van der Waals surface area contributed by atoms with Crippen LogP contribution in [0, 0.1) is 0 Å². The Morgan fingerprint density at radius 3 is 2.39 bits per heavy atom. The predicted molar refractivity (Wildman–Crippen MR) is 101 cm³/mol. The number of unbranched alkanes of at least 4 members (excludes halogenated alkanes) is 5. The van der Waals surface area contributed by atoms with Gasteiger partial charge in [0.25, 0.3) is 5.91 Å². The highest BCUT2D eigenvalue weighted by Gasteiger charge is 2.24. The van der Waals surface area contributed by atoms with Crippen molar-refractivity contribution in [2.75, 3.05) is 5.32 Å². The summed E-state index contributed by atoms with van der Waals surface area (Å²) in [6.45, 7) is 2.25. The molecule has 126 valence electrons. The fraction of sp³-hybridized carbons (Fsp3) is 0.579. The molecule has 0 aromatic heterocycles. The molecule has 0 unspecified atom stereocenters. The fourth-order valence-electron chi connectivity index (χ4n) is 2.53. The van der Waals surface area contributed by atoms with Crippen molar-refractivity contribution in [3.8, 4) is 0 Å². The molecule has 0 spiro atoms. The number of aryl methyl sites for hydroxylation is 1. The quantitative estimate of drug-likeness (QED) is 0.512. The maximum absolute atomic E-state index is 11.9. The lowest BCUT2D eigenvalue weighted by molar-refractivity contribution is -0.110. The van der Waals surface area contributed by atoms with Gasteiger partial charge in [-0.25, -0.2) is 0 Å². The zero-order valence-corrected chi connectivity index (χ0v) is 14.9. The van der Waals surface area contributed by atoms with Gasteiger partial charge in [0, 0.05) is 11.7 Å². The van der Waals surface area contributed by atoms with E-state index in [0.717, 1.165) is 24.9 Å². The van der Waals surface area contributed by atoms with Crippen molar-refractivity contribution < 1.29 is 4.79 Å². The lowest BCUT2D eigenvalue weighted by Crippen LogP contribution is -2.35. The van der Waals surface area contributed by atoms with E-state index in [1.807, 2.05) is 12.1 Å². The van der Waals surface area contributed by atoms with E-state index in [9.17, 15) is 4.79 Å². The van der Waals surface area contributed by atoms with Crippen molar-refractivity contribution >= 4 is 28.8 Å². The summed E-state index contributed by atoms with van der Waals surface area (Å²) in [7, 11) is 0. The van der Waals surface area contributed by atoms with E-state index in [-0.39, 0.29) is 5.91 Å². The van der Waals surface area contributed by atoms with Gasteiger partial charge in [-0.05, 0) is 43.4 Å². The molecule has 0 heterocycles. The predicted octanol–water partition coefficient (Wildman–Crippen LogP) is 4.61. The number of amides is 1. The van der Waals surface area contributed by atoms with Gasteiger partial charge in [0.05, 0.1) is 0 Å². The number of benzene rings is 1. The zero-order chi connectivity index (χ0) is 16.5. The summed E-state index contributed by atoms with van der Waals surface area (Å²) in [5.41, 5.74) is 2.14. The van der Waals surface area contributed by atoms with Crippen LogP contribution in [0.15, 0.2) is 24.3 Å². The maximum atomic E-state index is 11.9. The van der Waals surface area contributed by atoms with Crippen molar-refractivity contribution in [1.29, 1.82) is 0 Å². The number of carbonyl (C=O) groups excluding carboxylic acids is 1. The van der Waals surface area contributed by atoms with Gasteiger partial charge in [0.15, 0.2) is 4.99 Å². The average molecular weight is 333 g/mol. The van der Waals surface area contributed by atoms with Gasteiger partial charge in [-0.3, -0.25) is 4.79 Å². The fourth-order valence-corrected chi connectivity index (χ4v) is 2.75. The molecule has 1 amide bonds.